The Morgan fingerprint density at radius 1 is 0.800 bits per heavy atom. The van der Waals surface area contributed by atoms with Crippen molar-refractivity contribution in [3.63, 3.8) is 0 Å². The monoisotopic (exact) mass is 282 g/mol. The minimum Gasteiger partial charge on any atom is -0.481 e. The molecule has 1 N–H and O–H groups in total. The van der Waals surface area contributed by atoms with E-state index in [-0.39, 0.29) is 5.92 Å². The van der Waals surface area contributed by atoms with Crippen LogP contribution in [-0.2, 0) is 4.79 Å². The molecule has 118 valence electrons. The summed E-state index contributed by atoms with van der Waals surface area (Å²) in [5.74, 6) is 3.70. The summed E-state index contributed by atoms with van der Waals surface area (Å²) in [6.07, 6.45) is 0. The van der Waals surface area contributed by atoms with Gasteiger partial charge in [0.15, 0.2) is 0 Å². The van der Waals surface area contributed by atoms with E-state index in [0.29, 0.717) is 47.3 Å². The molecular formula is C18H34O2. The number of hydrogen-bond donors (Lipinski definition) is 1. The molecule has 0 aromatic heterocycles. The van der Waals surface area contributed by atoms with Gasteiger partial charge < -0.3 is 5.11 Å². The summed E-state index contributed by atoms with van der Waals surface area (Å²) in [4.78, 5) is 11.4. The van der Waals surface area contributed by atoms with Crippen LogP contribution >= 0.6 is 0 Å². The standard InChI is InChI=1S/C18H34O2/c1-9(2)10(3)16-11(4)13(6)17(14(7)12(16)5)15(8)18(19)20/h9-17H,1-8H3,(H,19,20). The Morgan fingerprint density at radius 2 is 1.15 bits per heavy atom. The number of carboxylic acids is 1. The van der Waals surface area contributed by atoms with Crippen LogP contribution in [0, 0.1) is 53.3 Å². The van der Waals surface area contributed by atoms with Crippen LogP contribution < -0.4 is 0 Å². The molecule has 6 unspecified atom stereocenters. The third-order valence-corrected chi connectivity index (χ3v) is 6.71. The lowest BCUT2D eigenvalue weighted by Crippen LogP contribution is -2.48. The van der Waals surface area contributed by atoms with Crippen LogP contribution in [0.15, 0.2) is 0 Å². The van der Waals surface area contributed by atoms with Crippen molar-refractivity contribution >= 4 is 5.97 Å². The molecule has 0 bridgehead atoms. The largest absolute Gasteiger partial charge is 0.481 e. The van der Waals surface area contributed by atoms with Gasteiger partial charge in [-0.2, -0.15) is 0 Å². The highest BCUT2D eigenvalue weighted by molar-refractivity contribution is 5.70. The molecule has 1 rings (SSSR count). The van der Waals surface area contributed by atoms with E-state index in [1.807, 2.05) is 6.92 Å². The lowest BCUT2D eigenvalue weighted by atomic mass is 9.53. The molecule has 0 heterocycles. The molecule has 20 heavy (non-hydrogen) atoms. The van der Waals surface area contributed by atoms with E-state index in [1.165, 1.54) is 0 Å². The predicted molar refractivity (Wildman–Crippen MR) is 84.4 cm³/mol. The van der Waals surface area contributed by atoms with Crippen LogP contribution in [-0.4, -0.2) is 11.1 Å². The van der Waals surface area contributed by atoms with Gasteiger partial charge >= 0.3 is 5.97 Å². The first-order chi connectivity index (χ1) is 9.11. The quantitative estimate of drug-likeness (QED) is 0.805. The van der Waals surface area contributed by atoms with Crippen LogP contribution in [0.25, 0.3) is 0 Å². The van der Waals surface area contributed by atoms with Crippen molar-refractivity contribution in [2.45, 2.75) is 55.4 Å². The molecule has 1 aliphatic rings. The molecule has 0 spiro atoms. The maximum absolute atomic E-state index is 11.4. The molecule has 0 aliphatic heterocycles. The van der Waals surface area contributed by atoms with E-state index in [4.69, 9.17) is 0 Å². The van der Waals surface area contributed by atoms with Gasteiger partial charge in [-0.05, 0) is 47.3 Å². The van der Waals surface area contributed by atoms with E-state index in [9.17, 15) is 9.90 Å². The first-order valence-electron chi connectivity index (χ1n) is 8.34. The third-order valence-electron chi connectivity index (χ3n) is 6.71. The molecule has 6 atom stereocenters. The Hall–Kier alpha value is -0.530. The van der Waals surface area contributed by atoms with Gasteiger partial charge in [-0.3, -0.25) is 4.79 Å². The summed E-state index contributed by atoms with van der Waals surface area (Å²) in [6.45, 7) is 18.1. The van der Waals surface area contributed by atoms with Crippen LogP contribution in [0.2, 0.25) is 0 Å². The van der Waals surface area contributed by atoms with Gasteiger partial charge in [0, 0.05) is 0 Å². The fraction of sp³-hybridized carbons (Fsp3) is 0.944. The van der Waals surface area contributed by atoms with E-state index in [1.54, 1.807) is 0 Å². The highest BCUT2D eigenvalue weighted by Gasteiger charge is 2.48. The average molecular weight is 282 g/mol. The Morgan fingerprint density at radius 3 is 1.45 bits per heavy atom. The predicted octanol–water partition coefficient (Wildman–Crippen LogP) is 4.79. The average Bonchev–Trinajstić information content (AvgIpc) is 2.36. The van der Waals surface area contributed by atoms with Gasteiger partial charge in [0.2, 0.25) is 0 Å². The van der Waals surface area contributed by atoms with Crippen molar-refractivity contribution in [3.05, 3.63) is 0 Å². The van der Waals surface area contributed by atoms with Gasteiger partial charge in [0.25, 0.3) is 0 Å². The molecule has 1 saturated carbocycles. The molecule has 0 radical (unpaired) electrons. The molecule has 1 aliphatic carbocycles. The van der Waals surface area contributed by atoms with Crippen LogP contribution in [0.3, 0.4) is 0 Å². The molecule has 0 saturated heterocycles. The zero-order chi connectivity index (χ0) is 15.8. The minimum absolute atomic E-state index is 0.236. The molecule has 1 fully saturated rings. The first kappa shape index (κ1) is 17.5. The van der Waals surface area contributed by atoms with Crippen molar-refractivity contribution in [2.24, 2.45) is 53.3 Å². The van der Waals surface area contributed by atoms with Gasteiger partial charge in [0.1, 0.15) is 0 Å². The molecule has 2 nitrogen and oxygen atoms in total. The number of rotatable bonds is 4. The third kappa shape index (κ3) is 3.04. The highest BCUT2D eigenvalue weighted by atomic mass is 16.4. The Balaban J connectivity index is 3.05. The maximum Gasteiger partial charge on any atom is 0.306 e. The summed E-state index contributed by atoms with van der Waals surface area (Å²) in [6, 6.07) is 0. The van der Waals surface area contributed by atoms with Crippen molar-refractivity contribution < 1.29 is 9.90 Å². The summed E-state index contributed by atoms with van der Waals surface area (Å²) >= 11 is 0. The number of carbonyl (C=O) groups is 1. The topological polar surface area (TPSA) is 37.3 Å². The van der Waals surface area contributed by atoms with E-state index >= 15 is 0 Å². The number of aliphatic carboxylic acids is 1. The van der Waals surface area contributed by atoms with Crippen molar-refractivity contribution in [3.8, 4) is 0 Å². The fourth-order valence-corrected chi connectivity index (χ4v) is 4.84. The summed E-state index contributed by atoms with van der Waals surface area (Å²) in [5.41, 5.74) is 0. The van der Waals surface area contributed by atoms with Gasteiger partial charge in [-0.25, -0.2) is 0 Å². The van der Waals surface area contributed by atoms with Crippen molar-refractivity contribution in [1.29, 1.82) is 0 Å². The Labute approximate surface area is 125 Å². The summed E-state index contributed by atoms with van der Waals surface area (Å²) in [7, 11) is 0. The van der Waals surface area contributed by atoms with Crippen molar-refractivity contribution in [2.75, 3.05) is 0 Å². The molecule has 2 heteroatoms. The van der Waals surface area contributed by atoms with Crippen molar-refractivity contribution in [1.82, 2.24) is 0 Å². The SMILES string of the molecule is CC(C)C(C)C1C(C)C(C)C(C(C)C(=O)O)C(C)C1C. The van der Waals surface area contributed by atoms with Crippen LogP contribution in [0.5, 0.6) is 0 Å². The minimum atomic E-state index is -0.636. The van der Waals surface area contributed by atoms with Gasteiger partial charge in [0.05, 0.1) is 5.92 Å². The normalized spacial score (nSPS) is 41.5. The smallest absolute Gasteiger partial charge is 0.306 e. The van der Waals surface area contributed by atoms with E-state index in [2.05, 4.69) is 48.5 Å². The van der Waals surface area contributed by atoms with Crippen LogP contribution in [0.4, 0.5) is 0 Å². The van der Waals surface area contributed by atoms with E-state index < -0.39 is 5.97 Å². The molecular weight excluding hydrogens is 248 g/mol. The highest BCUT2D eigenvalue weighted by Crippen LogP contribution is 2.51. The molecule has 0 aromatic carbocycles. The summed E-state index contributed by atoms with van der Waals surface area (Å²) in [5, 5.41) is 9.41. The second kappa shape index (κ2) is 6.49. The fourth-order valence-electron chi connectivity index (χ4n) is 4.84. The van der Waals surface area contributed by atoms with Gasteiger partial charge in [-0.1, -0.05) is 55.4 Å². The maximum atomic E-state index is 11.4. The first-order valence-corrected chi connectivity index (χ1v) is 8.34. The lowest BCUT2D eigenvalue weighted by Gasteiger charge is -2.52. The number of hydrogen-bond acceptors (Lipinski definition) is 1. The zero-order valence-corrected chi connectivity index (χ0v) is 14.6. The van der Waals surface area contributed by atoms with Crippen LogP contribution in [0.1, 0.15) is 55.4 Å². The number of carboxylic acid groups (broad SMARTS) is 1. The van der Waals surface area contributed by atoms with E-state index in [0.717, 1.165) is 0 Å². The lowest BCUT2D eigenvalue weighted by molar-refractivity contribution is -0.148. The second-order valence-electron chi connectivity index (χ2n) is 7.82. The van der Waals surface area contributed by atoms with Gasteiger partial charge in [-0.15, -0.1) is 0 Å². The molecule has 0 amide bonds. The second-order valence-corrected chi connectivity index (χ2v) is 7.82. The summed E-state index contributed by atoms with van der Waals surface area (Å²) < 4.78 is 0. The molecule has 0 aromatic rings. The Bertz CT molecular complexity index is 320. The Kier molecular flexibility index (Phi) is 5.69. The zero-order valence-electron chi connectivity index (χ0n) is 14.6.